The minimum atomic E-state index is -0.244. The molecule has 0 amide bonds. The van der Waals surface area contributed by atoms with Gasteiger partial charge in [0, 0.05) is 52.6 Å². The fraction of sp³-hybridized carbons (Fsp3) is 0.471. The number of ether oxygens (including phenoxy) is 1. The molecule has 0 unspecified atom stereocenters. The van der Waals surface area contributed by atoms with Gasteiger partial charge in [-0.1, -0.05) is 6.07 Å². The summed E-state index contributed by atoms with van der Waals surface area (Å²) in [5, 5.41) is 4.56. The number of halogens is 1. The average molecular weight is 318 g/mol. The standard InChI is InChI=1S/C17H23FN4O/c1-23-12-11-20-7-9-21(10-8-20)14-16-5-6-22(19-16)17-4-2-3-15(18)13-17/h2-6,13H,7-12,14H2,1H3. The Morgan fingerprint density at radius 3 is 2.65 bits per heavy atom. The second-order valence-electron chi connectivity index (χ2n) is 5.84. The third-order valence-corrected chi connectivity index (χ3v) is 4.18. The highest BCUT2D eigenvalue weighted by atomic mass is 19.1. The molecule has 2 aromatic rings. The van der Waals surface area contributed by atoms with E-state index in [1.54, 1.807) is 17.9 Å². The Morgan fingerprint density at radius 1 is 1.13 bits per heavy atom. The van der Waals surface area contributed by atoms with Gasteiger partial charge in [-0.2, -0.15) is 5.10 Å². The summed E-state index contributed by atoms with van der Waals surface area (Å²) in [6.45, 7) is 6.83. The molecule has 0 aliphatic carbocycles. The van der Waals surface area contributed by atoms with Crippen LogP contribution < -0.4 is 0 Å². The number of rotatable bonds is 6. The Balaban J connectivity index is 1.54. The van der Waals surface area contributed by atoms with E-state index in [4.69, 9.17) is 4.74 Å². The van der Waals surface area contributed by atoms with Crippen molar-refractivity contribution in [2.75, 3.05) is 46.4 Å². The summed E-state index contributed by atoms with van der Waals surface area (Å²) >= 11 is 0. The molecule has 0 radical (unpaired) electrons. The topological polar surface area (TPSA) is 33.5 Å². The van der Waals surface area contributed by atoms with E-state index in [9.17, 15) is 4.39 Å². The summed E-state index contributed by atoms with van der Waals surface area (Å²) in [6.07, 6.45) is 1.89. The van der Waals surface area contributed by atoms with Gasteiger partial charge in [0.25, 0.3) is 0 Å². The van der Waals surface area contributed by atoms with Gasteiger partial charge in [0.2, 0.25) is 0 Å². The van der Waals surface area contributed by atoms with Gasteiger partial charge < -0.3 is 4.74 Å². The molecule has 3 rings (SSSR count). The molecule has 23 heavy (non-hydrogen) atoms. The third kappa shape index (κ3) is 4.37. The van der Waals surface area contributed by atoms with Crippen molar-refractivity contribution in [2.24, 2.45) is 0 Å². The van der Waals surface area contributed by atoms with Crippen LogP contribution >= 0.6 is 0 Å². The summed E-state index contributed by atoms with van der Waals surface area (Å²) in [4.78, 5) is 4.83. The highest BCUT2D eigenvalue weighted by Gasteiger charge is 2.17. The van der Waals surface area contributed by atoms with Crippen LogP contribution in [0, 0.1) is 5.82 Å². The zero-order valence-electron chi connectivity index (χ0n) is 13.5. The highest BCUT2D eigenvalue weighted by Crippen LogP contribution is 2.12. The van der Waals surface area contributed by atoms with Crippen molar-refractivity contribution in [2.45, 2.75) is 6.54 Å². The molecule has 124 valence electrons. The maximum atomic E-state index is 13.3. The van der Waals surface area contributed by atoms with Crippen LogP contribution in [0.25, 0.3) is 5.69 Å². The van der Waals surface area contributed by atoms with Gasteiger partial charge in [0.15, 0.2) is 0 Å². The Hall–Kier alpha value is -1.76. The Bertz CT molecular complexity index is 623. The monoisotopic (exact) mass is 318 g/mol. The fourth-order valence-electron chi connectivity index (χ4n) is 2.83. The van der Waals surface area contributed by atoms with Crippen LogP contribution in [0.2, 0.25) is 0 Å². The minimum absolute atomic E-state index is 0.244. The van der Waals surface area contributed by atoms with Gasteiger partial charge in [0.05, 0.1) is 18.0 Å². The van der Waals surface area contributed by atoms with Gasteiger partial charge in [0.1, 0.15) is 5.82 Å². The zero-order valence-corrected chi connectivity index (χ0v) is 13.5. The van der Waals surface area contributed by atoms with Gasteiger partial charge in [-0.05, 0) is 24.3 Å². The Labute approximate surface area is 136 Å². The summed E-state index contributed by atoms with van der Waals surface area (Å²) < 4.78 is 20.1. The van der Waals surface area contributed by atoms with E-state index in [0.29, 0.717) is 0 Å². The molecule has 1 aromatic heterocycles. The summed E-state index contributed by atoms with van der Waals surface area (Å²) in [5.41, 5.74) is 1.76. The van der Waals surface area contributed by atoms with E-state index in [0.717, 1.165) is 57.3 Å². The molecule has 0 saturated carbocycles. The Morgan fingerprint density at radius 2 is 1.91 bits per heavy atom. The number of aromatic nitrogens is 2. The molecule has 1 aliphatic heterocycles. The predicted molar refractivity (Wildman–Crippen MR) is 87.1 cm³/mol. The van der Waals surface area contributed by atoms with Crippen molar-refractivity contribution in [1.29, 1.82) is 0 Å². The van der Waals surface area contributed by atoms with E-state index in [1.807, 2.05) is 18.3 Å². The van der Waals surface area contributed by atoms with Crippen molar-refractivity contribution >= 4 is 0 Å². The second kappa shape index (κ2) is 7.68. The van der Waals surface area contributed by atoms with Gasteiger partial charge >= 0.3 is 0 Å². The fourth-order valence-corrected chi connectivity index (χ4v) is 2.83. The van der Waals surface area contributed by atoms with E-state index in [-0.39, 0.29) is 5.82 Å². The SMILES string of the molecule is COCCN1CCN(Cc2ccn(-c3cccc(F)c3)n2)CC1. The maximum Gasteiger partial charge on any atom is 0.125 e. The molecule has 0 spiro atoms. The molecule has 1 saturated heterocycles. The van der Waals surface area contributed by atoms with Crippen LogP contribution in [0.1, 0.15) is 5.69 Å². The molecule has 1 aliphatic rings. The van der Waals surface area contributed by atoms with Gasteiger partial charge in [-0.25, -0.2) is 9.07 Å². The molecule has 0 atom stereocenters. The van der Waals surface area contributed by atoms with E-state index >= 15 is 0 Å². The van der Waals surface area contributed by atoms with Crippen LogP contribution in [0.3, 0.4) is 0 Å². The van der Waals surface area contributed by atoms with Crippen LogP contribution in [0.4, 0.5) is 4.39 Å². The third-order valence-electron chi connectivity index (χ3n) is 4.18. The van der Waals surface area contributed by atoms with E-state index < -0.39 is 0 Å². The van der Waals surface area contributed by atoms with E-state index in [2.05, 4.69) is 14.9 Å². The van der Waals surface area contributed by atoms with Crippen molar-refractivity contribution in [3.05, 3.63) is 48.0 Å². The molecule has 1 aromatic carbocycles. The second-order valence-corrected chi connectivity index (χ2v) is 5.84. The molecule has 5 nitrogen and oxygen atoms in total. The number of piperazine rings is 1. The molecular formula is C17H23FN4O. The number of hydrogen-bond donors (Lipinski definition) is 0. The largest absolute Gasteiger partial charge is 0.383 e. The van der Waals surface area contributed by atoms with Gasteiger partial charge in [-0.15, -0.1) is 0 Å². The van der Waals surface area contributed by atoms with Crippen molar-refractivity contribution < 1.29 is 9.13 Å². The number of nitrogens with zero attached hydrogens (tertiary/aromatic N) is 4. The van der Waals surface area contributed by atoms with Crippen LogP contribution in [0.15, 0.2) is 36.5 Å². The lowest BCUT2D eigenvalue weighted by molar-refractivity contribution is 0.0932. The number of hydrogen-bond acceptors (Lipinski definition) is 4. The predicted octanol–water partition coefficient (Wildman–Crippen LogP) is 1.78. The lowest BCUT2D eigenvalue weighted by Gasteiger charge is -2.34. The smallest absolute Gasteiger partial charge is 0.125 e. The molecule has 6 heteroatoms. The normalized spacial score (nSPS) is 16.8. The molecule has 1 fully saturated rings. The van der Waals surface area contributed by atoms with Crippen LogP contribution in [-0.4, -0.2) is 66.0 Å². The van der Waals surface area contributed by atoms with Crippen molar-refractivity contribution in [3.8, 4) is 5.69 Å². The van der Waals surface area contributed by atoms with Gasteiger partial charge in [-0.3, -0.25) is 9.80 Å². The quantitative estimate of drug-likeness (QED) is 0.813. The first kappa shape index (κ1) is 16.1. The molecule has 0 N–H and O–H groups in total. The summed E-state index contributed by atoms with van der Waals surface area (Å²) in [7, 11) is 1.74. The van der Waals surface area contributed by atoms with Crippen LogP contribution in [-0.2, 0) is 11.3 Å². The highest BCUT2D eigenvalue weighted by molar-refractivity contribution is 5.31. The van der Waals surface area contributed by atoms with Crippen molar-refractivity contribution in [1.82, 2.24) is 19.6 Å². The average Bonchev–Trinajstić information content (AvgIpc) is 3.03. The molecule has 0 bridgehead atoms. The first-order valence-corrected chi connectivity index (χ1v) is 7.99. The number of benzene rings is 1. The summed E-state index contributed by atoms with van der Waals surface area (Å²) in [6, 6.07) is 8.49. The van der Waals surface area contributed by atoms with E-state index in [1.165, 1.54) is 12.1 Å². The molecule has 2 heterocycles. The van der Waals surface area contributed by atoms with Crippen molar-refractivity contribution in [3.63, 3.8) is 0 Å². The zero-order chi connectivity index (χ0) is 16.1. The number of methoxy groups -OCH3 is 1. The Kier molecular flexibility index (Phi) is 5.38. The first-order chi connectivity index (χ1) is 11.2. The molecular weight excluding hydrogens is 295 g/mol. The van der Waals surface area contributed by atoms with Crippen LogP contribution in [0.5, 0.6) is 0 Å². The lowest BCUT2D eigenvalue weighted by atomic mass is 10.3. The first-order valence-electron chi connectivity index (χ1n) is 7.99. The lowest BCUT2D eigenvalue weighted by Crippen LogP contribution is -2.46. The summed E-state index contributed by atoms with van der Waals surface area (Å²) in [5.74, 6) is -0.244. The minimum Gasteiger partial charge on any atom is -0.383 e. The maximum absolute atomic E-state index is 13.3.